The molecule has 11 nitrogen and oxygen atoms in total. The van der Waals surface area contributed by atoms with E-state index >= 15 is 0 Å². The molecule has 192 valence electrons. The molecule has 0 saturated heterocycles. The van der Waals surface area contributed by atoms with Gasteiger partial charge in [-0.1, -0.05) is 12.1 Å². The molecule has 1 aliphatic heterocycles. The Morgan fingerprint density at radius 2 is 2.11 bits per heavy atom. The topological polar surface area (TPSA) is 120 Å². The first-order chi connectivity index (χ1) is 21.4. The summed E-state index contributed by atoms with van der Waals surface area (Å²) in [7, 11) is 1.49. The van der Waals surface area contributed by atoms with Crippen LogP contribution >= 0.6 is 0 Å². The molecule has 0 spiro atoms. The van der Waals surface area contributed by atoms with Crippen LogP contribution < -0.4 is 10.1 Å². The van der Waals surface area contributed by atoms with E-state index in [4.69, 9.17) is 13.7 Å². The molecule has 1 N–H and O–H groups in total. The van der Waals surface area contributed by atoms with Crippen LogP contribution in [-0.2, 0) is 13.5 Å². The van der Waals surface area contributed by atoms with E-state index in [0.717, 1.165) is 17.1 Å². The summed E-state index contributed by atoms with van der Waals surface area (Å²) in [5.41, 5.74) is -1.30. The zero-order valence-corrected chi connectivity index (χ0v) is 18.5. The Hall–Kier alpha value is -4.49. The van der Waals surface area contributed by atoms with Crippen molar-refractivity contribution < 1.29 is 41.2 Å². The number of nitrogens with one attached hydrogen (secondary N) is 1. The summed E-state index contributed by atoms with van der Waals surface area (Å²) in [6.07, 6.45) is -4.75. The number of alkyl halides is 3. The van der Waals surface area contributed by atoms with Crippen molar-refractivity contribution in [2.24, 2.45) is 7.05 Å². The summed E-state index contributed by atoms with van der Waals surface area (Å²) in [5.74, 6) is -3.85. The van der Waals surface area contributed by atoms with Crippen molar-refractivity contribution in [1.29, 1.82) is 0 Å². The maximum Gasteiger partial charge on any atom is 0.422 e. The fourth-order valence-corrected chi connectivity index (χ4v) is 3.33. The van der Waals surface area contributed by atoms with Crippen LogP contribution in [0.2, 0.25) is 0 Å². The van der Waals surface area contributed by atoms with Gasteiger partial charge in [-0.3, -0.25) is 9.59 Å². The summed E-state index contributed by atoms with van der Waals surface area (Å²) in [6.45, 7) is -18.9. The van der Waals surface area contributed by atoms with Crippen molar-refractivity contribution in [3.05, 3.63) is 53.9 Å². The van der Waals surface area contributed by atoms with Crippen LogP contribution in [-0.4, -0.2) is 78.7 Å². The van der Waals surface area contributed by atoms with Crippen LogP contribution in [0.25, 0.3) is 22.3 Å². The molecule has 37 heavy (non-hydrogen) atoms. The lowest BCUT2D eigenvalue weighted by atomic mass is 10.1. The highest BCUT2D eigenvalue weighted by Crippen LogP contribution is 2.30. The number of rotatable bonds is 7. The third kappa shape index (κ3) is 5.08. The largest absolute Gasteiger partial charge is 0.468 e. The van der Waals surface area contributed by atoms with E-state index < -0.39 is 77.9 Å². The van der Waals surface area contributed by atoms with Crippen LogP contribution in [0.1, 0.15) is 34.6 Å². The van der Waals surface area contributed by atoms with E-state index in [2.05, 4.69) is 25.1 Å². The molecule has 0 aliphatic carbocycles. The Kier molecular flexibility index (Phi) is 3.84. The number of amides is 2. The van der Waals surface area contributed by atoms with Gasteiger partial charge in [-0.05, 0) is 29.5 Å². The van der Waals surface area contributed by atoms with E-state index in [1.54, 1.807) is 5.32 Å². The van der Waals surface area contributed by atoms with E-state index in [1.807, 2.05) is 0 Å². The molecule has 0 atom stereocenters. The number of hydrogen-bond acceptors (Lipinski definition) is 7. The predicted molar refractivity (Wildman–Crippen MR) is 124 cm³/mol. The maximum atomic E-state index is 13.7. The highest BCUT2D eigenvalue weighted by Gasteiger charge is 2.31. The van der Waals surface area contributed by atoms with Crippen molar-refractivity contribution in [2.75, 3.05) is 26.0 Å². The molecule has 5 rings (SSSR count). The quantitative estimate of drug-likeness (QED) is 0.393. The lowest BCUT2D eigenvalue weighted by Crippen LogP contribution is -2.44. The fourth-order valence-electron chi connectivity index (χ4n) is 3.33. The lowest BCUT2D eigenvalue weighted by Gasteiger charge is -2.28. The number of halogens is 3. The minimum absolute atomic E-state index is 0.100. The summed E-state index contributed by atoms with van der Waals surface area (Å²) in [5, 5.41) is 12.7. The smallest absolute Gasteiger partial charge is 0.422 e. The number of carbonyl (C=O) groups is 2. The van der Waals surface area contributed by atoms with Gasteiger partial charge >= 0.3 is 6.18 Å². The van der Waals surface area contributed by atoms with Gasteiger partial charge in [-0.2, -0.15) is 18.0 Å². The Labute approximate surface area is 221 Å². The molecule has 0 fully saturated rings. The zero-order chi connectivity index (χ0) is 35.1. The van der Waals surface area contributed by atoms with Gasteiger partial charge in [0.2, 0.25) is 11.7 Å². The van der Waals surface area contributed by atoms with Crippen LogP contribution in [0.3, 0.4) is 0 Å². The fraction of sp³-hybridized carbons (Fsp3) is 0.304. The van der Waals surface area contributed by atoms with Crippen LogP contribution in [0.15, 0.2) is 42.6 Å². The second kappa shape index (κ2) is 9.52. The third-order valence-corrected chi connectivity index (χ3v) is 4.89. The van der Waals surface area contributed by atoms with Gasteiger partial charge in [0.1, 0.15) is 5.69 Å². The van der Waals surface area contributed by atoms with E-state index in [0.29, 0.717) is 10.6 Å². The number of carbonyl (C=O) groups excluding carboxylic acids is 2. The minimum Gasteiger partial charge on any atom is -0.468 e. The Balaban J connectivity index is 1.54. The minimum atomic E-state index is -5.55. The zero-order valence-electron chi connectivity index (χ0n) is 28.5. The molecular formula is C23H21F3N8O3. The van der Waals surface area contributed by atoms with Crippen molar-refractivity contribution >= 4 is 22.7 Å². The number of nitrogens with zero attached hydrogens (tertiary/aromatic N) is 7. The number of fused-ring (bicyclic) bond motifs is 3. The van der Waals surface area contributed by atoms with Gasteiger partial charge in [-0.15, -0.1) is 10.2 Å². The number of tetrazole rings is 1. The van der Waals surface area contributed by atoms with Gasteiger partial charge in [0.15, 0.2) is 6.56 Å². The molecule has 0 radical (unpaired) electrons. The number of aromatic nitrogens is 6. The Morgan fingerprint density at radius 1 is 1.27 bits per heavy atom. The first kappa shape index (κ1) is 14.9. The second-order valence-corrected chi connectivity index (χ2v) is 7.35. The Morgan fingerprint density at radius 3 is 2.86 bits per heavy atom. The maximum absolute atomic E-state index is 13.7. The average Bonchev–Trinajstić information content (AvgIpc) is 3.56. The molecule has 0 bridgehead atoms. The van der Waals surface area contributed by atoms with Gasteiger partial charge in [0.25, 0.3) is 11.8 Å². The number of benzene rings is 1. The first-order valence-electron chi connectivity index (χ1n) is 15.2. The molecule has 4 heterocycles. The van der Waals surface area contributed by atoms with Gasteiger partial charge in [0, 0.05) is 43.3 Å². The summed E-state index contributed by atoms with van der Waals surface area (Å²) >= 11 is 0. The van der Waals surface area contributed by atoms with E-state index in [-0.39, 0.29) is 17.0 Å². The van der Waals surface area contributed by atoms with Gasteiger partial charge in [-0.25, -0.2) is 4.98 Å². The molecular weight excluding hydrogens is 493 g/mol. The van der Waals surface area contributed by atoms with Gasteiger partial charge in [0.05, 0.1) is 31.7 Å². The number of aryl methyl sites for hydroxylation is 2. The molecule has 2 amide bonds. The Bertz CT molecular complexity index is 1910. The van der Waals surface area contributed by atoms with E-state index in [1.165, 1.54) is 31.3 Å². The molecule has 1 aromatic carbocycles. The number of pyridine rings is 1. The lowest BCUT2D eigenvalue weighted by molar-refractivity contribution is -0.153. The highest BCUT2D eigenvalue weighted by atomic mass is 19.4. The van der Waals surface area contributed by atoms with E-state index in [9.17, 15) is 22.8 Å². The summed E-state index contributed by atoms with van der Waals surface area (Å²) < 4.78 is 127. The highest BCUT2D eigenvalue weighted by molar-refractivity contribution is 6.00. The summed E-state index contributed by atoms with van der Waals surface area (Å²) in [4.78, 5) is 31.1. The molecule has 14 heteroatoms. The summed E-state index contributed by atoms with van der Waals surface area (Å²) in [6, 6.07) is 7.02. The third-order valence-electron chi connectivity index (χ3n) is 4.89. The standard InChI is InChI=1S/C23H21F3N8O3/c1-32-30-19(29-31-32)14-3-2-4-15(11-14)20(35)27-7-8-33-9-10-34-17-5-6-28-21(37-13-23(24,25)26)16(17)12-18(34)22(33)36/h2-6,11-12H,7-10,13H2,1H3,(H,27,35)/i7D2,8D2,9D2,10D2,13D2. The predicted octanol–water partition coefficient (Wildman–Crippen LogP) is 2.05. The van der Waals surface area contributed by atoms with Crippen LogP contribution in [0, 0.1) is 0 Å². The molecule has 1 aliphatic rings. The number of ether oxygens (including phenoxy) is 1. The van der Waals surface area contributed by atoms with Crippen molar-refractivity contribution in [2.45, 2.75) is 12.7 Å². The molecule has 4 aromatic rings. The van der Waals surface area contributed by atoms with Crippen molar-refractivity contribution in [3.63, 3.8) is 0 Å². The molecule has 0 saturated carbocycles. The van der Waals surface area contributed by atoms with Crippen molar-refractivity contribution in [1.82, 2.24) is 40.0 Å². The van der Waals surface area contributed by atoms with Gasteiger partial charge < -0.3 is 19.5 Å². The van der Waals surface area contributed by atoms with Crippen molar-refractivity contribution in [3.8, 4) is 17.3 Å². The second-order valence-electron chi connectivity index (χ2n) is 7.35. The van der Waals surface area contributed by atoms with Crippen LogP contribution in [0.4, 0.5) is 13.2 Å². The molecule has 3 aromatic heterocycles. The average molecular weight is 525 g/mol. The first-order valence-corrected chi connectivity index (χ1v) is 10.2. The monoisotopic (exact) mass is 524 g/mol. The number of hydrogen-bond donors (Lipinski definition) is 1. The van der Waals surface area contributed by atoms with Crippen LogP contribution in [0.5, 0.6) is 5.88 Å². The SMILES string of the molecule is [2H]C([2H])(NC(=O)c1cccc(-c2nnn(C)n2)c1)C([2H])([2H])N1C(=O)c2cc3c(OC([2H])([2H])C(F)(F)F)nccc3n2C([2H])([2H])C1([2H])[2H]. The molecule has 0 unspecified atom stereocenters. The normalized spacial score (nSPS) is 21.5.